The summed E-state index contributed by atoms with van der Waals surface area (Å²) in [6, 6.07) is 6.43. The number of carbonyl (C=O) groups is 2. The van der Waals surface area contributed by atoms with Crippen molar-refractivity contribution < 1.29 is 47.2 Å². The second-order valence-electron chi connectivity index (χ2n) is 17.2. The molecule has 0 amide bonds. The highest BCUT2D eigenvalue weighted by atomic mass is 28.4. The van der Waals surface area contributed by atoms with Crippen LogP contribution < -0.4 is 0 Å². The van der Waals surface area contributed by atoms with E-state index in [-0.39, 0.29) is 30.9 Å². The zero-order valence-electron chi connectivity index (χ0n) is 34.2. The zero-order valence-corrected chi connectivity index (χ0v) is 36.2. The van der Waals surface area contributed by atoms with Crippen LogP contribution in [0.4, 0.5) is 4.79 Å². The summed E-state index contributed by atoms with van der Waals surface area (Å²) in [5.41, 5.74) is -1.77. The Hall–Kier alpha value is -1.29. The Morgan fingerprint density at radius 3 is 2.10 bits per heavy atom. The van der Waals surface area contributed by atoms with Crippen molar-refractivity contribution in [2.24, 2.45) is 0 Å². The molecule has 4 heterocycles. The fourth-order valence-corrected chi connectivity index (χ4v) is 15.4. The van der Waals surface area contributed by atoms with Gasteiger partial charge in [0.05, 0.1) is 35.6 Å². The molecule has 0 radical (unpaired) electrons. The SMILES string of the molecule is C=C(CC[C@H](O[Si](CC)(CC)CC)[C@@]1(C)CC[C@H](C(C)(C)O[Si](CC)(CC)CC)O1)[C@@H](O)CC[C@H]1O[C@@H]([C@]2(C)CCC(=O)O2)CC[C@@]12COC(=O)O2. The Morgan fingerprint density at radius 1 is 0.923 bits per heavy atom. The first-order valence-electron chi connectivity index (χ1n) is 20.6. The fourth-order valence-electron chi connectivity index (χ4n) is 9.30. The monoisotopic (exact) mass is 768 g/mol. The van der Waals surface area contributed by atoms with Crippen molar-refractivity contribution in [1.29, 1.82) is 0 Å². The van der Waals surface area contributed by atoms with Gasteiger partial charge in [0.1, 0.15) is 18.3 Å². The van der Waals surface area contributed by atoms with Gasteiger partial charge in [-0.2, -0.15) is 0 Å². The second-order valence-corrected chi connectivity index (χ2v) is 26.6. The summed E-state index contributed by atoms with van der Waals surface area (Å²) in [7, 11) is -3.85. The van der Waals surface area contributed by atoms with Crippen LogP contribution in [0.3, 0.4) is 0 Å². The van der Waals surface area contributed by atoms with Crippen LogP contribution in [0.25, 0.3) is 0 Å². The van der Waals surface area contributed by atoms with Gasteiger partial charge in [-0.1, -0.05) is 48.1 Å². The van der Waals surface area contributed by atoms with Crippen LogP contribution in [-0.2, 0) is 37.3 Å². The fraction of sp³-hybridized carbons (Fsp3) is 0.900. The summed E-state index contributed by atoms with van der Waals surface area (Å²) in [4.78, 5) is 24.1. The van der Waals surface area contributed by atoms with Crippen molar-refractivity contribution in [3.8, 4) is 0 Å². The minimum Gasteiger partial charge on any atom is -0.457 e. The van der Waals surface area contributed by atoms with Crippen molar-refractivity contribution >= 4 is 28.8 Å². The highest BCUT2D eigenvalue weighted by molar-refractivity contribution is 6.74. The van der Waals surface area contributed by atoms with Crippen molar-refractivity contribution in [3.05, 3.63) is 12.2 Å². The quantitative estimate of drug-likeness (QED) is 0.0730. The van der Waals surface area contributed by atoms with E-state index < -0.39 is 57.4 Å². The van der Waals surface area contributed by atoms with Crippen LogP contribution in [0.1, 0.15) is 133 Å². The van der Waals surface area contributed by atoms with Gasteiger partial charge in [-0.25, -0.2) is 4.79 Å². The molecule has 0 saturated carbocycles. The Bertz CT molecular complexity index is 1220. The van der Waals surface area contributed by atoms with E-state index in [1.807, 2.05) is 6.92 Å². The molecule has 4 rings (SSSR count). The first-order chi connectivity index (χ1) is 24.4. The Labute approximate surface area is 316 Å². The smallest absolute Gasteiger partial charge is 0.457 e. The molecule has 1 spiro atoms. The van der Waals surface area contributed by atoms with E-state index in [4.69, 9.17) is 32.5 Å². The van der Waals surface area contributed by atoms with Crippen LogP contribution in [0.15, 0.2) is 12.2 Å². The molecule has 4 fully saturated rings. The lowest BCUT2D eigenvalue weighted by Gasteiger charge is -2.45. The van der Waals surface area contributed by atoms with Crippen LogP contribution in [0.5, 0.6) is 0 Å². The molecule has 8 atom stereocenters. The second kappa shape index (κ2) is 17.2. The maximum absolute atomic E-state index is 12.1. The molecular weight excluding hydrogens is 697 g/mol. The normalized spacial score (nSPS) is 32.5. The summed E-state index contributed by atoms with van der Waals surface area (Å²) in [5.74, 6) is -0.220. The average Bonchev–Trinajstić information content (AvgIpc) is 3.83. The summed E-state index contributed by atoms with van der Waals surface area (Å²) in [6.07, 6.45) is 3.51. The van der Waals surface area contributed by atoms with Crippen molar-refractivity contribution in [2.75, 3.05) is 6.61 Å². The van der Waals surface area contributed by atoms with Gasteiger partial charge in [0.25, 0.3) is 0 Å². The number of aliphatic hydroxyl groups excluding tert-OH is 1. The number of rotatable bonds is 20. The summed E-state index contributed by atoms with van der Waals surface area (Å²) >= 11 is 0. The van der Waals surface area contributed by atoms with E-state index in [9.17, 15) is 14.7 Å². The van der Waals surface area contributed by atoms with E-state index in [2.05, 4.69) is 68.9 Å². The summed E-state index contributed by atoms with van der Waals surface area (Å²) in [6.45, 7) is 26.6. The standard InChI is InChI=1S/C40H72O10Si2/c1-12-51(13-2,14-3)49-33(39(11)25-22-31(46-39)37(8,9)50-52(15-4,16-5)17-6)20-18-29(7)30(41)19-21-34-40(28-44-36(43)48-40)27-23-32(45-34)38(10)26-24-35(42)47-38/h30-34,41H,7,12-28H2,1-6,8-11H3/t30-,31+,32+,33-,34+,38-,39+,40+/m0/s1. The first kappa shape index (κ1) is 43.4. The first-order valence-corrected chi connectivity index (χ1v) is 25.6. The zero-order chi connectivity index (χ0) is 38.6. The average molecular weight is 769 g/mol. The lowest BCUT2D eigenvalue weighted by atomic mass is 9.80. The molecule has 10 nitrogen and oxygen atoms in total. The van der Waals surface area contributed by atoms with Crippen molar-refractivity contribution in [1.82, 2.24) is 0 Å². The van der Waals surface area contributed by atoms with Gasteiger partial charge in [0.15, 0.2) is 22.2 Å². The third-order valence-electron chi connectivity index (χ3n) is 13.7. The predicted octanol–water partition coefficient (Wildman–Crippen LogP) is 9.14. The molecule has 4 saturated heterocycles. The van der Waals surface area contributed by atoms with Gasteiger partial charge >= 0.3 is 12.1 Å². The molecule has 12 heteroatoms. The summed E-state index contributed by atoms with van der Waals surface area (Å²) < 4.78 is 44.7. The lowest BCUT2D eigenvalue weighted by molar-refractivity contribution is -0.214. The molecule has 0 aliphatic carbocycles. The molecule has 4 aliphatic heterocycles. The molecule has 52 heavy (non-hydrogen) atoms. The number of esters is 1. The molecule has 0 bridgehead atoms. The molecule has 0 aromatic rings. The third kappa shape index (κ3) is 9.38. The van der Waals surface area contributed by atoms with Crippen LogP contribution in [-0.4, -0.2) is 93.4 Å². The largest absolute Gasteiger partial charge is 0.509 e. The van der Waals surface area contributed by atoms with Gasteiger partial charge in [-0.3, -0.25) is 4.79 Å². The summed E-state index contributed by atoms with van der Waals surface area (Å²) in [5, 5.41) is 11.5. The van der Waals surface area contributed by atoms with Crippen molar-refractivity contribution in [3.63, 3.8) is 0 Å². The molecule has 0 aromatic carbocycles. The Kier molecular flexibility index (Phi) is 14.4. The Morgan fingerprint density at radius 2 is 1.56 bits per heavy atom. The molecular formula is C40H72O10Si2. The van der Waals surface area contributed by atoms with E-state index in [0.717, 1.165) is 54.7 Å². The molecule has 0 aromatic heterocycles. The molecule has 300 valence electrons. The number of cyclic esters (lactones) is 2. The highest BCUT2D eigenvalue weighted by Gasteiger charge is 2.57. The van der Waals surface area contributed by atoms with E-state index in [1.165, 1.54) is 0 Å². The maximum Gasteiger partial charge on any atom is 0.509 e. The number of hydrogen-bond donors (Lipinski definition) is 1. The Balaban J connectivity index is 1.44. The third-order valence-corrected chi connectivity index (χ3v) is 23.2. The molecule has 4 aliphatic rings. The number of aliphatic hydroxyl groups is 1. The van der Waals surface area contributed by atoms with Gasteiger partial charge in [-0.15, -0.1) is 0 Å². The van der Waals surface area contributed by atoms with Crippen LogP contribution >= 0.6 is 0 Å². The number of carbonyl (C=O) groups excluding carboxylic acids is 2. The highest BCUT2D eigenvalue weighted by Crippen LogP contribution is 2.46. The van der Waals surface area contributed by atoms with E-state index in [1.54, 1.807) is 0 Å². The minimum absolute atomic E-state index is 0.0230. The number of hydrogen-bond acceptors (Lipinski definition) is 10. The van der Waals surface area contributed by atoms with Gasteiger partial charge in [0, 0.05) is 6.42 Å². The number of ether oxygens (including phenoxy) is 5. The predicted molar refractivity (Wildman–Crippen MR) is 207 cm³/mol. The van der Waals surface area contributed by atoms with Crippen molar-refractivity contribution in [2.45, 2.75) is 223 Å². The van der Waals surface area contributed by atoms with Gasteiger partial charge < -0.3 is 37.6 Å². The molecule has 0 unspecified atom stereocenters. The van der Waals surface area contributed by atoms with Crippen LogP contribution in [0.2, 0.25) is 36.3 Å². The van der Waals surface area contributed by atoms with E-state index in [0.29, 0.717) is 51.4 Å². The lowest BCUT2D eigenvalue weighted by Crippen LogP contribution is -2.57. The minimum atomic E-state index is -2.01. The van der Waals surface area contributed by atoms with Gasteiger partial charge in [-0.05, 0) is 127 Å². The topological polar surface area (TPSA) is 119 Å². The molecule has 1 N–H and O–H groups in total. The maximum atomic E-state index is 12.1. The van der Waals surface area contributed by atoms with Crippen LogP contribution in [0, 0.1) is 0 Å². The van der Waals surface area contributed by atoms with Gasteiger partial charge in [0.2, 0.25) is 0 Å². The van der Waals surface area contributed by atoms with E-state index >= 15 is 0 Å².